The van der Waals surface area contributed by atoms with Gasteiger partial charge in [0.05, 0.1) is 0 Å². The van der Waals surface area contributed by atoms with Crippen molar-refractivity contribution in [1.82, 2.24) is 4.90 Å². The molecule has 72 valence electrons. The van der Waals surface area contributed by atoms with Crippen LogP contribution in [-0.4, -0.2) is 32.9 Å². The summed E-state index contributed by atoms with van der Waals surface area (Å²) in [5.74, 6) is 0.753. The van der Waals surface area contributed by atoms with E-state index in [2.05, 4.69) is 31.1 Å². The lowest BCUT2D eigenvalue weighted by Crippen LogP contribution is -2.39. The predicted octanol–water partition coefficient (Wildman–Crippen LogP) is 1.29. The van der Waals surface area contributed by atoms with Gasteiger partial charge in [-0.3, -0.25) is 0 Å². The van der Waals surface area contributed by atoms with Crippen LogP contribution in [-0.2, 0) is 0 Å². The second kappa shape index (κ2) is 3.78. The second-order valence-corrected chi connectivity index (χ2v) is 4.45. The Hall–Kier alpha value is -0.755. The highest BCUT2D eigenvalue weighted by atomic mass is 15.1. The summed E-state index contributed by atoms with van der Waals surface area (Å²) in [6, 6.07) is 9.09. The summed E-state index contributed by atoms with van der Waals surface area (Å²) in [4.78, 5) is 2.31. The summed E-state index contributed by atoms with van der Waals surface area (Å²) in [7, 11) is 9.97. The van der Waals surface area contributed by atoms with Gasteiger partial charge in [0.2, 0.25) is 0 Å². The molecular weight excluding hydrogens is 169 g/mol. The molecule has 1 aromatic carbocycles. The zero-order valence-corrected chi connectivity index (χ0v) is 8.90. The van der Waals surface area contributed by atoms with Crippen molar-refractivity contribution in [3.8, 4) is 0 Å². The van der Waals surface area contributed by atoms with Gasteiger partial charge in [0.15, 0.2) is 0 Å². The molecule has 0 spiro atoms. The molecule has 1 saturated carbocycles. The van der Waals surface area contributed by atoms with Gasteiger partial charge in [0, 0.05) is 6.04 Å². The maximum absolute atomic E-state index is 5.65. The molecule has 0 aliphatic heterocycles. The van der Waals surface area contributed by atoms with E-state index in [0.29, 0.717) is 0 Å². The van der Waals surface area contributed by atoms with Gasteiger partial charge in [-0.2, -0.15) is 0 Å². The predicted molar refractivity (Wildman–Crippen MR) is 61.3 cm³/mol. The maximum Gasteiger partial charge on any atom is 0.113 e. The van der Waals surface area contributed by atoms with Crippen molar-refractivity contribution in [2.24, 2.45) is 0 Å². The quantitative estimate of drug-likeness (QED) is 0.627. The van der Waals surface area contributed by atoms with E-state index < -0.39 is 0 Å². The smallest absolute Gasteiger partial charge is 0.113 e. The molecular formula is C12H16BN. The van der Waals surface area contributed by atoms with E-state index in [4.69, 9.17) is 7.85 Å². The van der Waals surface area contributed by atoms with Crippen molar-refractivity contribution in [3.63, 3.8) is 0 Å². The third-order valence-electron chi connectivity index (χ3n) is 3.25. The first-order valence-electron chi connectivity index (χ1n) is 5.18. The van der Waals surface area contributed by atoms with E-state index in [-0.39, 0.29) is 0 Å². The van der Waals surface area contributed by atoms with Crippen LogP contribution in [0.25, 0.3) is 0 Å². The maximum atomic E-state index is 5.65. The van der Waals surface area contributed by atoms with Crippen molar-refractivity contribution in [2.45, 2.75) is 24.8 Å². The van der Waals surface area contributed by atoms with Gasteiger partial charge < -0.3 is 4.90 Å². The van der Waals surface area contributed by atoms with Crippen molar-refractivity contribution >= 4 is 13.3 Å². The molecule has 1 nitrogen and oxygen atoms in total. The minimum Gasteiger partial charge on any atom is -0.306 e. The minimum atomic E-state index is 0.753. The molecule has 0 amide bonds. The summed E-state index contributed by atoms with van der Waals surface area (Å²) < 4.78 is 0. The van der Waals surface area contributed by atoms with Crippen LogP contribution in [0.2, 0.25) is 0 Å². The average Bonchev–Trinajstić information content (AvgIpc) is 2.05. The van der Waals surface area contributed by atoms with Crippen LogP contribution < -0.4 is 5.46 Å². The van der Waals surface area contributed by atoms with Crippen LogP contribution >= 0.6 is 0 Å². The van der Waals surface area contributed by atoms with Crippen molar-refractivity contribution in [3.05, 3.63) is 29.8 Å². The molecule has 0 bridgehead atoms. The highest BCUT2D eigenvalue weighted by Gasteiger charge is 2.31. The highest BCUT2D eigenvalue weighted by Crippen LogP contribution is 2.38. The Morgan fingerprint density at radius 2 is 1.71 bits per heavy atom. The normalized spacial score (nSPS) is 26.2. The molecule has 1 aliphatic carbocycles. The van der Waals surface area contributed by atoms with Crippen LogP contribution in [0.4, 0.5) is 0 Å². The fourth-order valence-electron chi connectivity index (χ4n) is 2.05. The van der Waals surface area contributed by atoms with E-state index in [1.54, 1.807) is 0 Å². The Bertz CT molecular complexity index is 299. The van der Waals surface area contributed by atoms with Crippen molar-refractivity contribution < 1.29 is 0 Å². The van der Waals surface area contributed by atoms with Crippen molar-refractivity contribution in [1.29, 1.82) is 0 Å². The Kier molecular flexibility index (Phi) is 2.64. The number of nitrogens with zero attached hydrogens (tertiary/aromatic N) is 1. The topological polar surface area (TPSA) is 3.24 Å². The molecule has 14 heavy (non-hydrogen) atoms. The fourth-order valence-corrected chi connectivity index (χ4v) is 2.05. The van der Waals surface area contributed by atoms with Crippen LogP contribution in [0.5, 0.6) is 0 Å². The minimum absolute atomic E-state index is 0.753. The Morgan fingerprint density at radius 1 is 1.14 bits per heavy atom. The molecule has 0 heterocycles. The third kappa shape index (κ3) is 1.85. The lowest BCUT2D eigenvalue weighted by atomic mass is 9.75. The highest BCUT2D eigenvalue weighted by molar-refractivity contribution is 6.32. The first-order chi connectivity index (χ1) is 6.66. The standard InChI is InChI=1S/C12H16BN/c1-14(2)12-7-10(8-12)9-3-5-11(13)6-4-9/h3-6,10,12H,7-8H2,1-2H3. The molecule has 2 radical (unpaired) electrons. The van der Waals surface area contributed by atoms with Gasteiger partial charge >= 0.3 is 0 Å². The first kappa shape index (κ1) is 9.79. The monoisotopic (exact) mass is 185 g/mol. The van der Waals surface area contributed by atoms with Gasteiger partial charge in [0.25, 0.3) is 0 Å². The van der Waals surface area contributed by atoms with E-state index in [9.17, 15) is 0 Å². The molecule has 2 heteroatoms. The molecule has 1 aliphatic rings. The lowest BCUT2D eigenvalue weighted by Gasteiger charge is -2.40. The third-order valence-corrected chi connectivity index (χ3v) is 3.25. The number of rotatable bonds is 2. The molecule has 0 N–H and O–H groups in total. The van der Waals surface area contributed by atoms with Gasteiger partial charge in [-0.25, -0.2) is 0 Å². The largest absolute Gasteiger partial charge is 0.306 e. The summed E-state index contributed by atoms with van der Waals surface area (Å²) in [6.07, 6.45) is 2.58. The number of hydrogen-bond donors (Lipinski definition) is 0. The summed E-state index contributed by atoms with van der Waals surface area (Å²) in [6.45, 7) is 0. The molecule has 0 aromatic heterocycles. The molecule has 1 aromatic rings. The van der Waals surface area contributed by atoms with E-state index >= 15 is 0 Å². The summed E-state index contributed by atoms with van der Waals surface area (Å²) in [5, 5.41) is 0. The Balaban J connectivity index is 1.96. The molecule has 1 fully saturated rings. The SMILES string of the molecule is [B]c1ccc(C2CC(N(C)C)C2)cc1. The molecule has 0 unspecified atom stereocenters. The van der Waals surface area contributed by atoms with Crippen LogP contribution in [0, 0.1) is 0 Å². The Morgan fingerprint density at radius 3 is 2.21 bits per heavy atom. The summed E-state index contributed by atoms with van der Waals surface area (Å²) in [5.41, 5.74) is 2.30. The second-order valence-electron chi connectivity index (χ2n) is 4.45. The van der Waals surface area contributed by atoms with Crippen LogP contribution in [0.1, 0.15) is 24.3 Å². The van der Waals surface area contributed by atoms with Gasteiger partial charge in [-0.05, 0) is 38.4 Å². The van der Waals surface area contributed by atoms with Gasteiger partial charge in [-0.15, -0.1) is 0 Å². The van der Waals surface area contributed by atoms with Gasteiger partial charge in [-0.1, -0.05) is 29.7 Å². The summed E-state index contributed by atoms with van der Waals surface area (Å²) >= 11 is 0. The van der Waals surface area contributed by atoms with E-state index in [1.165, 1.54) is 18.4 Å². The zero-order valence-electron chi connectivity index (χ0n) is 8.90. The van der Waals surface area contributed by atoms with E-state index in [1.807, 2.05) is 12.1 Å². The Labute approximate surface area is 87.5 Å². The first-order valence-corrected chi connectivity index (χ1v) is 5.18. The molecule has 0 atom stereocenters. The molecule has 2 rings (SSSR count). The number of benzene rings is 1. The fraction of sp³-hybridized carbons (Fsp3) is 0.500. The van der Waals surface area contributed by atoms with Gasteiger partial charge in [0.1, 0.15) is 7.85 Å². The van der Waals surface area contributed by atoms with Crippen LogP contribution in [0.15, 0.2) is 24.3 Å². The van der Waals surface area contributed by atoms with Crippen LogP contribution in [0.3, 0.4) is 0 Å². The van der Waals surface area contributed by atoms with E-state index in [0.717, 1.165) is 17.4 Å². The lowest BCUT2D eigenvalue weighted by molar-refractivity contribution is 0.166. The van der Waals surface area contributed by atoms with Crippen molar-refractivity contribution in [2.75, 3.05) is 14.1 Å². The number of hydrogen-bond acceptors (Lipinski definition) is 1. The zero-order chi connectivity index (χ0) is 10.1. The molecule has 0 saturated heterocycles. The average molecular weight is 185 g/mol.